The third-order valence-corrected chi connectivity index (χ3v) is 2.22. The summed E-state index contributed by atoms with van der Waals surface area (Å²) in [5.41, 5.74) is -1.21. The van der Waals surface area contributed by atoms with Crippen molar-refractivity contribution in [3.8, 4) is 0 Å². The molecule has 3 unspecified atom stereocenters. The molecule has 0 bridgehead atoms. The Balaban J connectivity index is 4.29. The SMILES string of the molecule is CC(O)C(O)C(C)(O)C(C)C. The van der Waals surface area contributed by atoms with Crippen molar-refractivity contribution in [2.75, 3.05) is 0 Å². The van der Waals surface area contributed by atoms with Gasteiger partial charge < -0.3 is 15.3 Å². The van der Waals surface area contributed by atoms with Crippen LogP contribution in [0.1, 0.15) is 27.7 Å². The Morgan fingerprint density at radius 1 is 1.09 bits per heavy atom. The van der Waals surface area contributed by atoms with Crippen LogP contribution in [-0.4, -0.2) is 33.1 Å². The van der Waals surface area contributed by atoms with Gasteiger partial charge in [0.15, 0.2) is 0 Å². The molecule has 0 spiro atoms. The summed E-state index contributed by atoms with van der Waals surface area (Å²) < 4.78 is 0. The lowest BCUT2D eigenvalue weighted by molar-refractivity contribution is -0.133. The molecule has 11 heavy (non-hydrogen) atoms. The first kappa shape index (κ1) is 10.9. The molecule has 0 aliphatic rings. The quantitative estimate of drug-likeness (QED) is 0.553. The summed E-state index contributed by atoms with van der Waals surface area (Å²) in [5.74, 6) is -0.0768. The van der Waals surface area contributed by atoms with Crippen LogP contribution in [-0.2, 0) is 0 Å². The summed E-state index contributed by atoms with van der Waals surface area (Å²) >= 11 is 0. The molecular formula is C8H18O3. The highest BCUT2D eigenvalue weighted by atomic mass is 16.4. The summed E-state index contributed by atoms with van der Waals surface area (Å²) in [6.07, 6.45) is -1.98. The number of aliphatic hydroxyl groups excluding tert-OH is 2. The Bertz CT molecular complexity index is 119. The molecule has 3 nitrogen and oxygen atoms in total. The average molecular weight is 162 g/mol. The molecule has 0 radical (unpaired) electrons. The van der Waals surface area contributed by atoms with Crippen LogP contribution < -0.4 is 0 Å². The fourth-order valence-electron chi connectivity index (χ4n) is 0.830. The molecule has 68 valence electrons. The molecule has 0 aliphatic carbocycles. The predicted molar refractivity (Wildman–Crippen MR) is 43.1 cm³/mol. The maximum Gasteiger partial charge on any atom is 0.108 e. The van der Waals surface area contributed by atoms with Crippen molar-refractivity contribution in [2.45, 2.75) is 45.5 Å². The maximum atomic E-state index is 9.62. The Morgan fingerprint density at radius 3 is 1.55 bits per heavy atom. The van der Waals surface area contributed by atoms with Crippen molar-refractivity contribution in [1.82, 2.24) is 0 Å². The van der Waals surface area contributed by atoms with Gasteiger partial charge >= 0.3 is 0 Å². The second-order valence-electron chi connectivity index (χ2n) is 3.57. The Labute approximate surface area is 67.7 Å². The van der Waals surface area contributed by atoms with E-state index in [9.17, 15) is 10.2 Å². The van der Waals surface area contributed by atoms with Crippen LogP contribution in [0.15, 0.2) is 0 Å². The highest BCUT2D eigenvalue weighted by molar-refractivity contribution is 4.87. The molecule has 0 aliphatic heterocycles. The van der Waals surface area contributed by atoms with Crippen molar-refractivity contribution in [1.29, 1.82) is 0 Å². The van der Waals surface area contributed by atoms with Gasteiger partial charge in [0.05, 0.1) is 11.7 Å². The molecule has 0 fully saturated rings. The molecule has 0 saturated heterocycles. The van der Waals surface area contributed by atoms with Crippen LogP contribution >= 0.6 is 0 Å². The standard InChI is InChI=1S/C8H18O3/c1-5(2)8(4,11)7(10)6(3)9/h5-7,9-11H,1-4H3. The minimum absolute atomic E-state index is 0.0768. The smallest absolute Gasteiger partial charge is 0.108 e. The van der Waals surface area contributed by atoms with E-state index in [2.05, 4.69) is 0 Å². The normalized spacial score (nSPS) is 22.9. The average Bonchev–Trinajstić information content (AvgIpc) is 1.85. The lowest BCUT2D eigenvalue weighted by Crippen LogP contribution is -2.49. The molecule has 3 heteroatoms. The Kier molecular flexibility index (Phi) is 3.48. The highest BCUT2D eigenvalue weighted by Gasteiger charge is 2.36. The van der Waals surface area contributed by atoms with Gasteiger partial charge in [-0.3, -0.25) is 0 Å². The van der Waals surface area contributed by atoms with Crippen molar-refractivity contribution in [2.24, 2.45) is 5.92 Å². The van der Waals surface area contributed by atoms with Gasteiger partial charge in [-0.05, 0) is 19.8 Å². The van der Waals surface area contributed by atoms with Crippen molar-refractivity contribution < 1.29 is 15.3 Å². The van der Waals surface area contributed by atoms with E-state index < -0.39 is 17.8 Å². The second kappa shape index (κ2) is 3.52. The first-order chi connectivity index (χ1) is 4.80. The third kappa shape index (κ3) is 2.43. The van der Waals surface area contributed by atoms with E-state index >= 15 is 0 Å². The molecule has 0 saturated carbocycles. The van der Waals surface area contributed by atoms with Gasteiger partial charge in [-0.25, -0.2) is 0 Å². The third-order valence-electron chi connectivity index (χ3n) is 2.22. The molecule has 3 atom stereocenters. The van der Waals surface area contributed by atoms with Crippen LogP contribution in [0.25, 0.3) is 0 Å². The summed E-state index contributed by atoms with van der Waals surface area (Å²) in [7, 11) is 0. The summed E-state index contributed by atoms with van der Waals surface area (Å²) in [6.45, 7) is 6.58. The molecular weight excluding hydrogens is 144 g/mol. The van der Waals surface area contributed by atoms with Gasteiger partial charge in [0.25, 0.3) is 0 Å². The van der Waals surface area contributed by atoms with E-state index in [0.717, 1.165) is 0 Å². The van der Waals surface area contributed by atoms with Crippen molar-refractivity contribution in [3.63, 3.8) is 0 Å². The zero-order chi connectivity index (χ0) is 9.23. The zero-order valence-electron chi connectivity index (χ0n) is 7.57. The van der Waals surface area contributed by atoms with Gasteiger partial charge in [-0.2, -0.15) is 0 Å². The maximum absolute atomic E-state index is 9.62. The summed E-state index contributed by atoms with van der Waals surface area (Å²) in [6, 6.07) is 0. The largest absolute Gasteiger partial charge is 0.391 e. The molecule has 0 aromatic heterocycles. The number of aliphatic hydroxyl groups is 3. The van der Waals surface area contributed by atoms with Crippen molar-refractivity contribution >= 4 is 0 Å². The van der Waals surface area contributed by atoms with E-state index in [4.69, 9.17) is 5.11 Å². The molecule has 0 amide bonds. The van der Waals surface area contributed by atoms with Crippen LogP contribution in [0, 0.1) is 5.92 Å². The lowest BCUT2D eigenvalue weighted by atomic mass is 9.85. The van der Waals surface area contributed by atoms with E-state index in [0.29, 0.717) is 0 Å². The van der Waals surface area contributed by atoms with Gasteiger partial charge in [0.2, 0.25) is 0 Å². The first-order valence-electron chi connectivity index (χ1n) is 3.88. The van der Waals surface area contributed by atoms with Crippen LogP contribution in [0.3, 0.4) is 0 Å². The highest BCUT2D eigenvalue weighted by Crippen LogP contribution is 2.22. The lowest BCUT2D eigenvalue weighted by Gasteiger charge is -2.34. The summed E-state index contributed by atoms with van der Waals surface area (Å²) in [4.78, 5) is 0. The predicted octanol–water partition coefficient (Wildman–Crippen LogP) is 0.135. The first-order valence-corrected chi connectivity index (χ1v) is 3.88. The molecule has 3 N–H and O–H groups in total. The number of hydrogen-bond donors (Lipinski definition) is 3. The van der Waals surface area contributed by atoms with E-state index in [1.807, 2.05) is 0 Å². The molecule has 0 aromatic carbocycles. The minimum atomic E-state index is -1.21. The minimum Gasteiger partial charge on any atom is -0.391 e. The van der Waals surface area contributed by atoms with Gasteiger partial charge in [-0.1, -0.05) is 13.8 Å². The monoisotopic (exact) mass is 162 g/mol. The fourth-order valence-corrected chi connectivity index (χ4v) is 0.830. The van der Waals surface area contributed by atoms with Crippen LogP contribution in [0.5, 0.6) is 0 Å². The van der Waals surface area contributed by atoms with E-state index in [-0.39, 0.29) is 5.92 Å². The van der Waals surface area contributed by atoms with Crippen molar-refractivity contribution in [3.05, 3.63) is 0 Å². The van der Waals surface area contributed by atoms with E-state index in [1.54, 1.807) is 13.8 Å². The van der Waals surface area contributed by atoms with Gasteiger partial charge in [0.1, 0.15) is 6.10 Å². The van der Waals surface area contributed by atoms with Gasteiger partial charge in [0, 0.05) is 0 Å². The van der Waals surface area contributed by atoms with Crippen LogP contribution in [0.4, 0.5) is 0 Å². The number of rotatable bonds is 3. The molecule has 0 rings (SSSR count). The Morgan fingerprint density at radius 2 is 1.45 bits per heavy atom. The zero-order valence-corrected chi connectivity index (χ0v) is 7.57. The Hall–Kier alpha value is -0.120. The van der Waals surface area contributed by atoms with Gasteiger partial charge in [-0.15, -0.1) is 0 Å². The topological polar surface area (TPSA) is 60.7 Å². The van der Waals surface area contributed by atoms with Crippen LogP contribution in [0.2, 0.25) is 0 Å². The fraction of sp³-hybridized carbons (Fsp3) is 1.00. The number of hydrogen-bond acceptors (Lipinski definition) is 3. The summed E-state index contributed by atoms with van der Waals surface area (Å²) in [5, 5.41) is 27.9. The molecule has 0 aromatic rings. The second-order valence-corrected chi connectivity index (χ2v) is 3.57. The molecule has 0 heterocycles. The van der Waals surface area contributed by atoms with E-state index in [1.165, 1.54) is 13.8 Å².